The number of rotatable bonds is 4. The van der Waals surface area contributed by atoms with Crippen LogP contribution in [0.1, 0.15) is 42.7 Å². The Hall–Kier alpha value is -0.860. The van der Waals surface area contributed by atoms with Gasteiger partial charge >= 0.3 is 0 Å². The molecule has 0 spiro atoms. The van der Waals surface area contributed by atoms with Gasteiger partial charge in [0.25, 0.3) is 0 Å². The molecule has 2 aliphatic carbocycles. The monoisotopic (exact) mass is 245 g/mol. The molecule has 0 bridgehead atoms. The molecule has 1 aromatic rings. The normalized spacial score (nSPS) is 30.6. The van der Waals surface area contributed by atoms with E-state index >= 15 is 0 Å². The van der Waals surface area contributed by atoms with Crippen LogP contribution in [0.5, 0.6) is 0 Å². The van der Waals surface area contributed by atoms with Gasteiger partial charge in [0, 0.05) is 5.92 Å². The molecule has 18 heavy (non-hydrogen) atoms. The zero-order chi connectivity index (χ0) is 12.4. The average molecular weight is 245 g/mol. The topological polar surface area (TPSA) is 35.2 Å². The molecule has 98 valence electrons. The van der Waals surface area contributed by atoms with Crippen LogP contribution in [0, 0.1) is 5.92 Å². The van der Waals surface area contributed by atoms with Crippen LogP contribution >= 0.6 is 0 Å². The third-order valence-corrected chi connectivity index (χ3v) is 4.55. The Bertz CT molecular complexity index is 398. The van der Waals surface area contributed by atoms with Gasteiger partial charge < -0.3 is 10.5 Å². The summed E-state index contributed by atoms with van der Waals surface area (Å²) in [6.45, 7) is 1.73. The fourth-order valence-electron chi connectivity index (χ4n) is 3.28. The first kappa shape index (κ1) is 12.2. The van der Waals surface area contributed by atoms with Crippen molar-refractivity contribution in [2.24, 2.45) is 11.7 Å². The minimum Gasteiger partial charge on any atom is -0.378 e. The number of aryl methyl sites for hydroxylation is 1. The van der Waals surface area contributed by atoms with E-state index in [1.807, 2.05) is 0 Å². The molecule has 2 heteroatoms. The van der Waals surface area contributed by atoms with Crippen LogP contribution in [0.4, 0.5) is 0 Å². The van der Waals surface area contributed by atoms with E-state index < -0.39 is 0 Å². The molecule has 1 fully saturated rings. The second kappa shape index (κ2) is 5.41. The number of fused-ring (bicyclic) bond motifs is 1. The van der Waals surface area contributed by atoms with E-state index in [-0.39, 0.29) is 0 Å². The van der Waals surface area contributed by atoms with Crippen LogP contribution in [0.2, 0.25) is 0 Å². The van der Waals surface area contributed by atoms with Crippen molar-refractivity contribution in [2.45, 2.75) is 44.1 Å². The summed E-state index contributed by atoms with van der Waals surface area (Å²) in [7, 11) is 0. The van der Waals surface area contributed by atoms with Gasteiger partial charge in [-0.25, -0.2) is 0 Å². The average Bonchev–Trinajstić information content (AvgIpc) is 2.37. The van der Waals surface area contributed by atoms with Crippen molar-refractivity contribution >= 4 is 0 Å². The molecule has 2 aliphatic rings. The Balaban J connectivity index is 1.55. The molecule has 1 atom stereocenters. The maximum absolute atomic E-state index is 6.05. The summed E-state index contributed by atoms with van der Waals surface area (Å²) in [5.41, 5.74) is 8.70. The summed E-state index contributed by atoms with van der Waals surface area (Å²) >= 11 is 0. The molecular weight excluding hydrogens is 222 g/mol. The lowest BCUT2D eigenvalue weighted by Gasteiger charge is -2.36. The fraction of sp³-hybridized carbons (Fsp3) is 0.625. The summed E-state index contributed by atoms with van der Waals surface area (Å²) in [4.78, 5) is 0. The Kier molecular flexibility index (Phi) is 3.67. The van der Waals surface area contributed by atoms with Crippen LogP contribution in [0.3, 0.4) is 0 Å². The maximum Gasteiger partial charge on any atom is 0.0581 e. The second-order valence-electron chi connectivity index (χ2n) is 5.82. The molecule has 2 nitrogen and oxygen atoms in total. The van der Waals surface area contributed by atoms with Gasteiger partial charge in [-0.15, -0.1) is 0 Å². The zero-order valence-corrected chi connectivity index (χ0v) is 11.0. The molecule has 2 N–H and O–H groups in total. The van der Waals surface area contributed by atoms with E-state index in [4.69, 9.17) is 10.5 Å². The highest BCUT2D eigenvalue weighted by atomic mass is 16.5. The van der Waals surface area contributed by atoms with Crippen LogP contribution in [0.25, 0.3) is 0 Å². The highest BCUT2D eigenvalue weighted by Crippen LogP contribution is 2.34. The highest BCUT2D eigenvalue weighted by molar-refractivity contribution is 5.32. The molecule has 1 aromatic carbocycles. The standard InChI is InChI=1S/C16H23NO/c17-10-12-8-15(9-12)18-11-14-6-3-5-13-4-1-2-7-16(13)14/h1-2,4,7,12,14-15H,3,5-6,8-11,17H2. The third kappa shape index (κ3) is 2.45. The Morgan fingerprint density at radius 2 is 2.06 bits per heavy atom. The lowest BCUT2D eigenvalue weighted by molar-refractivity contribution is -0.0350. The van der Waals surface area contributed by atoms with E-state index in [0.29, 0.717) is 17.9 Å². The fourth-order valence-corrected chi connectivity index (χ4v) is 3.28. The third-order valence-electron chi connectivity index (χ3n) is 4.55. The van der Waals surface area contributed by atoms with Gasteiger partial charge in [0.05, 0.1) is 12.7 Å². The van der Waals surface area contributed by atoms with Crippen molar-refractivity contribution in [1.29, 1.82) is 0 Å². The molecule has 0 aromatic heterocycles. The van der Waals surface area contributed by atoms with E-state index in [0.717, 1.165) is 13.2 Å². The van der Waals surface area contributed by atoms with Crippen LogP contribution in [0.15, 0.2) is 24.3 Å². The first-order valence-corrected chi connectivity index (χ1v) is 7.26. The van der Waals surface area contributed by atoms with Crippen molar-refractivity contribution in [2.75, 3.05) is 13.2 Å². The minimum atomic E-state index is 0.479. The molecule has 0 saturated heterocycles. The zero-order valence-electron chi connectivity index (χ0n) is 11.0. The van der Waals surface area contributed by atoms with Gasteiger partial charge in [-0.2, -0.15) is 0 Å². The molecular formula is C16H23NO. The lowest BCUT2D eigenvalue weighted by atomic mass is 9.81. The van der Waals surface area contributed by atoms with Crippen molar-refractivity contribution in [3.8, 4) is 0 Å². The largest absolute Gasteiger partial charge is 0.378 e. The van der Waals surface area contributed by atoms with E-state index in [1.165, 1.54) is 43.2 Å². The van der Waals surface area contributed by atoms with Gasteiger partial charge in [0.15, 0.2) is 0 Å². The lowest BCUT2D eigenvalue weighted by Crippen LogP contribution is -2.36. The number of hydrogen-bond acceptors (Lipinski definition) is 2. The number of benzene rings is 1. The first-order valence-electron chi connectivity index (χ1n) is 7.26. The molecule has 1 unspecified atom stereocenters. The van der Waals surface area contributed by atoms with Crippen LogP contribution in [-0.4, -0.2) is 19.3 Å². The van der Waals surface area contributed by atoms with Crippen molar-refractivity contribution in [3.05, 3.63) is 35.4 Å². The van der Waals surface area contributed by atoms with Crippen molar-refractivity contribution < 1.29 is 4.74 Å². The number of ether oxygens (including phenoxy) is 1. The minimum absolute atomic E-state index is 0.479. The molecule has 0 radical (unpaired) electrons. The second-order valence-corrected chi connectivity index (χ2v) is 5.82. The molecule has 0 heterocycles. The number of hydrogen-bond donors (Lipinski definition) is 1. The van der Waals surface area contributed by atoms with E-state index in [2.05, 4.69) is 24.3 Å². The van der Waals surface area contributed by atoms with Crippen LogP contribution in [-0.2, 0) is 11.2 Å². The summed E-state index contributed by atoms with van der Waals surface area (Å²) in [5.74, 6) is 1.33. The Morgan fingerprint density at radius 1 is 1.22 bits per heavy atom. The SMILES string of the molecule is NCC1CC(OCC2CCCc3ccccc32)C1. The molecule has 0 amide bonds. The summed E-state index contributed by atoms with van der Waals surface area (Å²) in [6.07, 6.45) is 6.65. The highest BCUT2D eigenvalue weighted by Gasteiger charge is 2.30. The van der Waals surface area contributed by atoms with Gasteiger partial charge in [0.1, 0.15) is 0 Å². The Morgan fingerprint density at radius 3 is 2.89 bits per heavy atom. The predicted octanol–water partition coefficient (Wildman–Crippen LogP) is 2.86. The molecule has 0 aliphatic heterocycles. The quantitative estimate of drug-likeness (QED) is 0.885. The van der Waals surface area contributed by atoms with E-state index in [1.54, 1.807) is 0 Å². The summed E-state index contributed by atoms with van der Waals surface area (Å²) in [5, 5.41) is 0. The summed E-state index contributed by atoms with van der Waals surface area (Å²) < 4.78 is 6.05. The smallest absolute Gasteiger partial charge is 0.0581 e. The maximum atomic E-state index is 6.05. The molecule has 3 rings (SSSR count). The predicted molar refractivity (Wildman–Crippen MR) is 73.6 cm³/mol. The van der Waals surface area contributed by atoms with Crippen molar-refractivity contribution in [3.63, 3.8) is 0 Å². The van der Waals surface area contributed by atoms with E-state index in [9.17, 15) is 0 Å². The number of nitrogens with two attached hydrogens (primary N) is 1. The first-order chi connectivity index (χ1) is 8.86. The van der Waals surface area contributed by atoms with Gasteiger partial charge in [0.2, 0.25) is 0 Å². The van der Waals surface area contributed by atoms with Gasteiger partial charge in [-0.05, 0) is 55.7 Å². The van der Waals surface area contributed by atoms with Gasteiger partial charge in [-0.1, -0.05) is 24.3 Å². The molecule has 1 saturated carbocycles. The van der Waals surface area contributed by atoms with Crippen molar-refractivity contribution in [1.82, 2.24) is 0 Å². The van der Waals surface area contributed by atoms with Crippen LogP contribution < -0.4 is 5.73 Å². The summed E-state index contributed by atoms with van der Waals surface area (Å²) in [6, 6.07) is 8.87. The van der Waals surface area contributed by atoms with Gasteiger partial charge in [-0.3, -0.25) is 0 Å². The Labute approximate surface area is 110 Å².